The summed E-state index contributed by atoms with van der Waals surface area (Å²) in [6.45, 7) is 5.29. The summed E-state index contributed by atoms with van der Waals surface area (Å²) >= 11 is 0. The van der Waals surface area contributed by atoms with Gasteiger partial charge in [0.2, 0.25) is 0 Å². The largest absolute Gasteiger partial charge is 0.494 e. The molecule has 3 atom stereocenters. The third kappa shape index (κ3) is 4.84. The number of rotatable bonds is 6. The van der Waals surface area contributed by atoms with E-state index in [0.29, 0.717) is 12.5 Å². The third-order valence-electron chi connectivity index (χ3n) is 4.48. The lowest BCUT2D eigenvalue weighted by Gasteiger charge is -2.20. The Balaban J connectivity index is 2.01. The molecule has 6 heteroatoms. The Hall–Kier alpha value is -1.82. The molecule has 0 saturated heterocycles. The van der Waals surface area contributed by atoms with Crippen molar-refractivity contribution < 1.29 is 14.2 Å². The van der Waals surface area contributed by atoms with Crippen LogP contribution in [0.15, 0.2) is 23.2 Å². The summed E-state index contributed by atoms with van der Waals surface area (Å²) < 4.78 is 18.8. The second kappa shape index (κ2) is 8.87. The predicted molar refractivity (Wildman–Crippen MR) is 93.8 cm³/mol. The average molecular weight is 337 g/mol. The van der Waals surface area contributed by atoms with Gasteiger partial charge in [-0.25, -0.2) is 4.39 Å². The molecule has 1 fully saturated rings. The number of aliphatic hydroxyl groups is 1. The van der Waals surface area contributed by atoms with Crippen molar-refractivity contribution in [3.05, 3.63) is 29.6 Å². The first-order chi connectivity index (χ1) is 11.5. The molecule has 1 saturated carbocycles. The second-order valence-electron chi connectivity index (χ2n) is 6.24. The van der Waals surface area contributed by atoms with E-state index >= 15 is 0 Å². The van der Waals surface area contributed by atoms with Crippen molar-refractivity contribution in [1.82, 2.24) is 10.6 Å². The molecular formula is C18H28FN3O2. The lowest BCUT2D eigenvalue weighted by atomic mass is 10.1. The van der Waals surface area contributed by atoms with Gasteiger partial charge in [0, 0.05) is 19.0 Å². The Kier molecular flexibility index (Phi) is 6.85. The number of ether oxygens (including phenoxy) is 1. The molecule has 24 heavy (non-hydrogen) atoms. The van der Waals surface area contributed by atoms with E-state index in [1.807, 2.05) is 19.9 Å². The molecule has 134 valence electrons. The van der Waals surface area contributed by atoms with Gasteiger partial charge in [-0.2, -0.15) is 0 Å². The van der Waals surface area contributed by atoms with Crippen LogP contribution in [0.3, 0.4) is 0 Å². The maximum Gasteiger partial charge on any atom is 0.191 e. The van der Waals surface area contributed by atoms with Gasteiger partial charge in [0.1, 0.15) is 0 Å². The van der Waals surface area contributed by atoms with Gasteiger partial charge >= 0.3 is 0 Å². The predicted octanol–water partition coefficient (Wildman–Crippen LogP) is 2.61. The van der Waals surface area contributed by atoms with Crippen LogP contribution in [0.4, 0.5) is 4.39 Å². The minimum Gasteiger partial charge on any atom is -0.494 e. The summed E-state index contributed by atoms with van der Waals surface area (Å²) in [5, 5.41) is 16.4. The van der Waals surface area contributed by atoms with Crippen LogP contribution in [0.5, 0.6) is 5.75 Å². The van der Waals surface area contributed by atoms with E-state index in [9.17, 15) is 9.50 Å². The molecule has 5 nitrogen and oxygen atoms in total. The average Bonchev–Trinajstić information content (AvgIpc) is 2.97. The first-order valence-electron chi connectivity index (χ1n) is 8.61. The molecule has 0 aromatic heterocycles. The fraction of sp³-hybridized carbons (Fsp3) is 0.611. The van der Waals surface area contributed by atoms with Crippen LogP contribution >= 0.6 is 0 Å². The molecule has 0 radical (unpaired) electrons. The number of nitrogens with one attached hydrogen (secondary N) is 2. The van der Waals surface area contributed by atoms with Gasteiger partial charge in [0.05, 0.1) is 19.3 Å². The van der Waals surface area contributed by atoms with Crippen molar-refractivity contribution in [2.75, 3.05) is 20.2 Å². The lowest BCUT2D eigenvalue weighted by molar-refractivity contribution is 0.136. The molecule has 0 aliphatic heterocycles. The van der Waals surface area contributed by atoms with Gasteiger partial charge in [0.25, 0.3) is 0 Å². The van der Waals surface area contributed by atoms with Gasteiger partial charge in [-0.15, -0.1) is 0 Å². The molecule has 1 aromatic rings. The molecule has 2 rings (SSSR count). The van der Waals surface area contributed by atoms with Crippen LogP contribution in [0, 0.1) is 11.7 Å². The number of methoxy groups -OCH3 is 1. The number of halogens is 1. The van der Waals surface area contributed by atoms with Crippen LogP contribution in [-0.2, 0) is 0 Å². The van der Waals surface area contributed by atoms with Crippen LogP contribution in [0.25, 0.3) is 0 Å². The van der Waals surface area contributed by atoms with Crippen LogP contribution in [0.2, 0.25) is 0 Å². The first kappa shape index (κ1) is 18.5. The van der Waals surface area contributed by atoms with Gasteiger partial charge < -0.3 is 20.5 Å². The highest BCUT2D eigenvalue weighted by Gasteiger charge is 2.24. The third-order valence-corrected chi connectivity index (χ3v) is 4.48. The fourth-order valence-electron chi connectivity index (χ4n) is 3.00. The number of aliphatic imine (C=N–C) groups is 1. The molecule has 1 aromatic carbocycles. The van der Waals surface area contributed by atoms with E-state index in [1.165, 1.54) is 13.2 Å². The van der Waals surface area contributed by atoms with E-state index in [4.69, 9.17) is 4.74 Å². The summed E-state index contributed by atoms with van der Waals surface area (Å²) in [6, 6.07) is 4.84. The monoisotopic (exact) mass is 337 g/mol. The summed E-state index contributed by atoms with van der Waals surface area (Å²) in [5.41, 5.74) is 0.819. The molecule has 0 spiro atoms. The second-order valence-corrected chi connectivity index (χ2v) is 6.24. The zero-order valence-corrected chi connectivity index (χ0v) is 14.7. The lowest BCUT2D eigenvalue weighted by Crippen LogP contribution is -2.39. The van der Waals surface area contributed by atoms with Gasteiger partial charge in [-0.1, -0.05) is 12.5 Å². The van der Waals surface area contributed by atoms with E-state index in [0.717, 1.165) is 31.4 Å². The maximum absolute atomic E-state index is 13.9. The molecule has 0 bridgehead atoms. The van der Waals surface area contributed by atoms with Gasteiger partial charge in [0.15, 0.2) is 17.5 Å². The molecule has 3 N–H and O–H groups in total. The maximum atomic E-state index is 13.9. The number of hydrogen-bond donors (Lipinski definition) is 3. The van der Waals surface area contributed by atoms with Crippen LogP contribution in [0.1, 0.15) is 44.7 Å². The van der Waals surface area contributed by atoms with Crippen molar-refractivity contribution in [3.63, 3.8) is 0 Å². The minimum atomic E-state index is -0.375. The van der Waals surface area contributed by atoms with Crippen LogP contribution < -0.4 is 15.4 Å². The molecule has 3 unspecified atom stereocenters. The SMILES string of the molecule is CCNC(=NCC1CCCC1O)NC(C)c1ccc(OC)c(F)c1. The summed E-state index contributed by atoms with van der Waals surface area (Å²) in [7, 11) is 1.45. The highest BCUT2D eigenvalue weighted by atomic mass is 19.1. The Labute approximate surface area is 143 Å². The van der Waals surface area contributed by atoms with E-state index in [-0.39, 0.29) is 29.6 Å². The van der Waals surface area contributed by atoms with E-state index in [2.05, 4.69) is 15.6 Å². The number of guanidine groups is 1. The molecular weight excluding hydrogens is 309 g/mol. The van der Waals surface area contributed by atoms with Crippen molar-refractivity contribution in [2.45, 2.75) is 45.3 Å². The van der Waals surface area contributed by atoms with Gasteiger partial charge in [-0.05, 0) is 44.4 Å². The number of benzene rings is 1. The summed E-state index contributed by atoms with van der Waals surface area (Å²) in [4.78, 5) is 4.58. The Morgan fingerprint density at radius 3 is 2.83 bits per heavy atom. The van der Waals surface area contributed by atoms with Crippen molar-refractivity contribution in [1.29, 1.82) is 0 Å². The highest BCUT2D eigenvalue weighted by molar-refractivity contribution is 5.80. The number of nitrogens with zero attached hydrogens (tertiary/aromatic N) is 1. The van der Waals surface area contributed by atoms with Gasteiger partial charge in [-0.3, -0.25) is 4.99 Å². The van der Waals surface area contributed by atoms with E-state index in [1.54, 1.807) is 6.07 Å². The molecule has 0 amide bonds. The Morgan fingerprint density at radius 1 is 1.46 bits per heavy atom. The van der Waals surface area contributed by atoms with Crippen molar-refractivity contribution in [3.8, 4) is 5.75 Å². The molecule has 1 aliphatic rings. The minimum absolute atomic E-state index is 0.100. The normalized spacial score (nSPS) is 22.3. The number of hydrogen-bond acceptors (Lipinski definition) is 3. The Morgan fingerprint density at radius 2 is 2.25 bits per heavy atom. The first-order valence-corrected chi connectivity index (χ1v) is 8.61. The standard InChI is InChI=1S/C18H28FN3O2/c1-4-20-18(21-11-14-6-5-7-16(14)23)22-12(2)13-8-9-17(24-3)15(19)10-13/h8-10,12,14,16,23H,4-7,11H2,1-3H3,(H2,20,21,22). The summed E-state index contributed by atoms with van der Waals surface area (Å²) in [6.07, 6.45) is 2.70. The zero-order chi connectivity index (χ0) is 17.5. The topological polar surface area (TPSA) is 65.9 Å². The highest BCUT2D eigenvalue weighted by Crippen LogP contribution is 2.25. The summed E-state index contributed by atoms with van der Waals surface area (Å²) in [5.74, 6) is 0.774. The Bertz CT molecular complexity index is 565. The smallest absolute Gasteiger partial charge is 0.191 e. The zero-order valence-electron chi connectivity index (χ0n) is 14.7. The van der Waals surface area contributed by atoms with Crippen molar-refractivity contribution in [2.24, 2.45) is 10.9 Å². The van der Waals surface area contributed by atoms with Crippen molar-refractivity contribution >= 4 is 5.96 Å². The quantitative estimate of drug-likeness (QED) is 0.551. The molecule has 0 heterocycles. The number of aliphatic hydroxyl groups excluding tert-OH is 1. The molecule has 1 aliphatic carbocycles. The van der Waals surface area contributed by atoms with Crippen LogP contribution in [-0.4, -0.2) is 37.4 Å². The fourth-order valence-corrected chi connectivity index (χ4v) is 3.00. The van der Waals surface area contributed by atoms with E-state index < -0.39 is 0 Å².